The van der Waals surface area contributed by atoms with E-state index in [2.05, 4.69) is 73.4 Å². The van der Waals surface area contributed by atoms with Crippen LogP contribution in [0.1, 0.15) is 23.6 Å². The molecular weight excluding hydrogens is 234 g/mol. The van der Waals surface area contributed by atoms with Gasteiger partial charge in [-0.15, -0.1) is 0 Å². The lowest BCUT2D eigenvalue weighted by Crippen LogP contribution is -2.15. The molecule has 0 spiro atoms. The van der Waals surface area contributed by atoms with E-state index in [-0.39, 0.29) is 0 Å². The van der Waals surface area contributed by atoms with E-state index in [9.17, 15) is 0 Å². The maximum atomic E-state index is 2.44. The first-order chi connectivity index (χ1) is 8.68. The Morgan fingerprint density at radius 3 is 2.44 bits per heavy atom. The number of rotatable bonds is 2. The van der Waals surface area contributed by atoms with Crippen LogP contribution in [-0.2, 0) is 0 Å². The molecule has 1 aromatic heterocycles. The molecule has 1 atom stereocenters. The number of hydrogen-bond donors (Lipinski definition) is 0. The summed E-state index contributed by atoms with van der Waals surface area (Å²) < 4.78 is 2.22. The zero-order chi connectivity index (χ0) is 12.7. The Morgan fingerprint density at radius 2 is 1.78 bits per heavy atom. The highest BCUT2D eigenvalue weighted by atomic mass is 28.3. The second-order valence-electron chi connectivity index (χ2n) is 5.48. The van der Waals surface area contributed by atoms with Gasteiger partial charge in [0, 0.05) is 26.8 Å². The van der Waals surface area contributed by atoms with Crippen LogP contribution in [0.25, 0.3) is 11.8 Å². The summed E-state index contributed by atoms with van der Waals surface area (Å²) in [6.45, 7) is 7.18. The second-order valence-corrected chi connectivity index (χ2v) is 8.64. The van der Waals surface area contributed by atoms with Crippen molar-refractivity contribution in [3.8, 4) is 5.69 Å². The monoisotopic (exact) mass is 253 g/mol. The van der Waals surface area contributed by atoms with Gasteiger partial charge in [-0.1, -0.05) is 36.9 Å². The summed E-state index contributed by atoms with van der Waals surface area (Å²) in [5.74, 6) is 0. The van der Waals surface area contributed by atoms with E-state index in [0.29, 0.717) is 0 Å². The molecule has 0 saturated heterocycles. The van der Waals surface area contributed by atoms with Crippen molar-refractivity contribution in [1.82, 2.24) is 4.57 Å². The summed E-state index contributed by atoms with van der Waals surface area (Å²) in [5, 5.41) is 0. The second kappa shape index (κ2) is 4.29. The number of allylic oxidation sites excluding steroid dienone is 1. The van der Waals surface area contributed by atoms with E-state index in [1.54, 1.807) is 11.1 Å². The summed E-state index contributed by atoms with van der Waals surface area (Å²) >= 11 is 0. The van der Waals surface area contributed by atoms with Crippen LogP contribution < -0.4 is 0 Å². The molecule has 0 saturated carbocycles. The van der Waals surface area contributed by atoms with E-state index >= 15 is 0 Å². The van der Waals surface area contributed by atoms with Crippen molar-refractivity contribution in [2.75, 3.05) is 0 Å². The molecule has 0 fully saturated rings. The average Bonchev–Trinajstić information content (AvgIpc) is 2.93. The highest BCUT2D eigenvalue weighted by Crippen LogP contribution is 2.40. The molecule has 92 valence electrons. The molecule has 1 unspecified atom stereocenters. The molecule has 18 heavy (non-hydrogen) atoms. The van der Waals surface area contributed by atoms with Gasteiger partial charge >= 0.3 is 0 Å². The maximum Gasteiger partial charge on any atom is 0.0524 e. The van der Waals surface area contributed by atoms with Gasteiger partial charge < -0.3 is 4.57 Å². The molecule has 0 radical (unpaired) electrons. The standard InChI is InChI=1S/C16H19NSi/c1-12-11-14-13(16(12)18(2)3)7-6-8-15(14)17-9-4-5-10-17/h4-11,16,18H,1-3H3. The molecule has 1 aromatic carbocycles. The quantitative estimate of drug-likeness (QED) is 0.713. The third-order valence-corrected chi connectivity index (χ3v) is 6.08. The summed E-state index contributed by atoms with van der Waals surface area (Å²) in [6, 6.07) is 10.9. The Balaban J connectivity index is 2.18. The van der Waals surface area contributed by atoms with Gasteiger partial charge in [-0.3, -0.25) is 0 Å². The SMILES string of the molecule is CC1=Cc2c(cccc2-n2cccc2)C1[SiH](C)C. The Bertz CT molecular complexity index is 594. The van der Waals surface area contributed by atoms with Gasteiger partial charge in [0.05, 0.1) is 5.69 Å². The van der Waals surface area contributed by atoms with Crippen LogP contribution in [0.15, 0.2) is 48.3 Å². The molecule has 3 rings (SSSR count). The molecule has 2 heteroatoms. The largest absolute Gasteiger partial charge is 0.323 e. The van der Waals surface area contributed by atoms with Crippen molar-refractivity contribution in [1.29, 1.82) is 0 Å². The highest BCUT2D eigenvalue weighted by Gasteiger charge is 2.27. The third-order valence-electron chi connectivity index (χ3n) is 3.86. The smallest absolute Gasteiger partial charge is 0.0524 e. The predicted octanol–water partition coefficient (Wildman–Crippen LogP) is 4.00. The van der Waals surface area contributed by atoms with Crippen molar-refractivity contribution in [3.05, 3.63) is 59.4 Å². The molecule has 0 amide bonds. The van der Waals surface area contributed by atoms with E-state index < -0.39 is 8.80 Å². The highest BCUT2D eigenvalue weighted by molar-refractivity contribution is 6.58. The van der Waals surface area contributed by atoms with Crippen LogP contribution in [0.3, 0.4) is 0 Å². The maximum absolute atomic E-state index is 2.44. The lowest BCUT2D eigenvalue weighted by Gasteiger charge is -2.18. The molecule has 1 nitrogen and oxygen atoms in total. The van der Waals surface area contributed by atoms with E-state index in [4.69, 9.17) is 0 Å². The molecule has 0 N–H and O–H groups in total. The third kappa shape index (κ3) is 1.68. The molecule has 0 aliphatic heterocycles. The predicted molar refractivity (Wildman–Crippen MR) is 81.0 cm³/mol. The van der Waals surface area contributed by atoms with Gasteiger partial charge in [0.15, 0.2) is 0 Å². The first kappa shape index (κ1) is 11.5. The van der Waals surface area contributed by atoms with Gasteiger partial charge in [0.25, 0.3) is 0 Å². The van der Waals surface area contributed by atoms with Crippen LogP contribution in [0.5, 0.6) is 0 Å². The first-order valence-electron chi connectivity index (χ1n) is 6.63. The normalized spacial score (nSPS) is 18.0. The van der Waals surface area contributed by atoms with E-state index in [1.807, 2.05) is 0 Å². The van der Waals surface area contributed by atoms with Crippen molar-refractivity contribution in [2.45, 2.75) is 25.6 Å². The molecule has 1 heterocycles. The van der Waals surface area contributed by atoms with E-state index in [1.165, 1.54) is 11.3 Å². The Labute approximate surface area is 110 Å². The zero-order valence-electron chi connectivity index (χ0n) is 11.2. The topological polar surface area (TPSA) is 4.93 Å². The first-order valence-corrected chi connectivity index (χ1v) is 9.60. The van der Waals surface area contributed by atoms with E-state index in [0.717, 1.165) is 5.54 Å². The van der Waals surface area contributed by atoms with Crippen LogP contribution >= 0.6 is 0 Å². The number of fused-ring (bicyclic) bond motifs is 1. The number of hydrogen-bond acceptors (Lipinski definition) is 0. The fraction of sp³-hybridized carbons (Fsp3) is 0.250. The molecule has 1 aliphatic rings. The summed E-state index contributed by atoms with van der Waals surface area (Å²) in [4.78, 5) is 0. The molecule has 0 bridgehead atoms. The summed E-state index contributed by atoms with van der Waals surface area (Å²) in [6.07, 6.45) is 6.64. The number of aromatic nitrogens is 1. The summed E-state index contributed by atoms with van der Waals surface area (Å²) in [7, 11) is -0.695. The lowest BCUT2D eigenvalue weighted by molar-refractivity contribution is 1.05. The Hall–Kier alpha value is -1.54. The summed E-state index contributed by atoms with van der Waals surface area (Å²) in [5.41, 5.74) is 6.55. The molecule has 1 aliphatic carbocycles. The lowest BCUT2D eigenvalue weighted by atomic mass is 10.1. The fourth-order valence-electron chi connectivity index (χ4n) is 3.17. The van der Waals surface area contributed by atoms with Crippen LogP contribution in [-0.4, -0.2) is 13.4 Å². The van der Waals surface area contributed by atoms with Gasteiger partial charge in [0.1, 0.15) is 0 Å². The number of benzene rings is 1. The van der Waals surface area contributed by atoms with Crippen molar-refractivity contribution in [2.24, 2.45) is 0 Å². The van der Waals surface area contributed by atoms with Gasteiger partial charge in [0.2, 0.25) is 0 Å². The zero-order valence-corrected chi connectivity index (χ0v) is 12.4. The van der Waals surface area contributed by atoms with Gasteiger partial charge in [-0.2, -0.15) is 0 Å². The van der Waals surface area contributed by atoms with Crippen molar-refractivity contribution in [3.63, 3.8) is 0 Å². The Morgan fingerprint density at radius 1 is 1.06 bits per heavy atom. The van der Waals surface area contributed by atoms with Gasteiger partial charge in [-0.05, 0) is 36.2 Å². The van der Waals surface area contributed by atoms with Crippen molar-refractivity contribution >= 4 is 14.9 Å². The van der Waals surface area contributed by atoms with Gasteiger partial charge in [-0.25, -0.2) is 0 Å². The fourth-order valence-corrected chi connectivity index (χ4v) is 5.32. The van der Waals surface area contributed by atoms with Crippen molar-refractivity contribution < 1.29 is 0 Å². The average molecular weight is 253 g/mol. The minimum absolute atomic E-state index is 0.695. The Kier molecular flexibility index (Phi) is 2.75. The van der Waals surface area contributed by atoms with Crippen LogP contribution in [0, 0.1) is 0 Å². The van der Waals surface area contributed by atoms with Crippen LogP contribution in [0.2, 0.25) is 13.1 Å². The van der Waals surface area contributed by atoms with Crippen LogP contribution in [0.4, 0.5) is 0 Å². The minimum Gasteiger partial charge on any atom is -0.323 e. The molecular formula is C16H19NSi. The minimum atomic E-state index is -0.695. The number of nitrogens with zero attached hydrogens (tertiary/aromatic N) is 1. The molecule has 2 aromatic rings.